The number of rotatable bonds is 4. The zero-order valence-corrected chi connectivity index (χ0v) is 10.3. The van der Waals surface area contributed by atoms with Gasteiger partial charge in [0.1, 0.15) is 0 Å². The molecule has 0 N–H and O–H groups in total. The van der Waals surface area contributed by atoms with Gasteiger partial charge in [0.2, 0.25) is 0 Å². The summed E-state index contributed by atoms with van der Waals surface area (Å²) in [5, 5.41) is 1.44. The number of hydrogen-bond donors (Lipinski definition) is 0. The molecule has 80 valence electrons. The van der Waals surface area contributed by atoms with Crippen LogP contribution < -0.4 is 0 Å². The van der Waals surface area contributed by atoms with Gasteiger partial charge in [0, 0.05) is 16.5 Å². The van der Waals surface area contributed by atoms with E-state index in [1.165, 1.54) is 0 Å². The van der Waals surface area contributed by atoms with Crippen molar-refractivity contribution in [2.24, 2.45) is 0 Å². The van der Waals surface area contributed by atoms with Crippen LogP contribution >= 0.6 is 23.2 Å². The summed E-state index contributed by atoms with van der Waals surface area (Å²) in [6.45, 7) is 2.13. The lowest BCUT2D eigenvalue weighted by molar-refractivity contribution is 0.629. The van der Waals surface area contributed by atoms with Gasteiger partial charge in [0.05, 0.1) is 0 Å². The molecule has 1 atom stereocenters. The maximum absolute atomic E-state index is 6.14. The Kier molecular flexibility index (Phi) is 5.02. The fourth-order valence-corrected chi connectivity index (χ4v) is 2.45. The highest BCUT2D eigenvalue weighted by atomic mass is 35.5. The molecule has 1 rings (SSSR count). The predicted molar refractivity (Wildman–Crippen MR) is 67.6 cm³/mol. The van der Waals surface area contributed by atoms with Crippen molar-refractivity contribution in [2.45, 2.75) is 32.1 Å². The van der Waals surface area contributed by atoms with Crippen molar-refractivity contribution in [1.29, 1.82) is 0 Å². The third-order valence-electron chi connectivity index (χ3n) is 2.41. The maximum atomic E-state index is 6.14. The molecule has 0 amide bonds. The Bertz CT molecular complexity index is 343. The molecule has 0 aliphatic rings. The van der Waals surface area contributed by atoms with Crippen LogP contribution in [0, 0.1) is 12.3 Å². The van der Waals surface area contributed by atoms with Crippen molar-refractivity contribution in [3.8, 4) is 12.3 Å². The van der Waals surface area contributed by atoms with Gasteiger partial charge in [-0.05, 0) is 30.0 Å². The Balaban J connectivity index is 3.05. The Hall–Kier alpha value is -0.640. The van der Waals surface area contributed by atoms with Gasteiger partial charge in [0.25, 0.3) is 0 Å². The van der Waals surface area contributed by atoms with Gasteiger partial charge in [-0.25, -0.2) is 0 Å². The van der Waals surface area contributed by atoms with E-state index < -0.39 is 0 Å². The highest BCUT2D eigenvalue weighted by Crippen LogP contribution is 2.35. The topological polar surface area (TPSA) is 0 Å². The van der Waals surface area contributed by atoms with Gasteiger partial charge in [0.15, 0.2) is 0 Å². The number of hydrogen-bond acceptors (Lipinski definition) is 0. The molecule has 2 heteroatoms. The molecule has 1 unspecified atom stereocenters. The van der Waals surface area contributed by atoms with Gasteiger partial charge in [-0.1, -0.05) is 42.6 Å². The van der Waals surface area contributed by atoms with E-state index in [2.05, 4.69) is 12.8 Å². The first kappa shape index (κ1) is 12.4. The SMILES string of the molecule is C#CCC(CCC)c1c(Cl)cccc1Cl. The van der Waals surface area contributed by atoms with Crippen LogP contribution in [0.5, 0.6) is 0 Å². The molecular formula is C13H14Cl2. The molecule has 0 aliphatic carbocycles. The minimum absolute atomic E-state index is 0.279. The van der Waals surface area contributed by atoms with Gasteiger partial charge in [-0.3, -0.25) is 0 Å². The highest BCUT2D eigenvalue weighted by molar-refractivity contribution is 6.36. The second-order valence-corrected chi connectivity index (χ2v) is 4.34. The first-order valence-electron chi connectivity index (χ1n) is 5.08. The molecule has 0 bridgehead atoms. The minimum atomic E-state index is 0.279. The number of terminal acetylenes is 1. The van der Waals surface area contributed by atoms with Gasteiger partial charge in [-0.15, -0.1) is 12.3 Å². The maximum Gasteiger partial charge on any atom is 0.0456 e. The van der Waals surface area contributed by atoms with Crippen molar-refractivity contribution < 1.29 is 0 Å². The quantitative estimate of drug-likeness (QED) is 0.657. The van der Waals surface area contributed by atoms with Gasteiger partial charge in [-0.2, -0.15) is 0 Å². The van der Waals surface area contributed by atoms with Crippen LogP contribution in [0.1, 0.15) is 37.7 Å². The summed E-state index contributed by atoms with van der Waals surface area (Å²) in [5.74, 6) is 2.97. The van der Waals surface area contributed by atoms with Gasteiger partial charge >= 0.3 is 0 Å². The van der Waals surface area contributed by atoms with E-state index in [-0.39, 0.29) is 5.92 Å². The van der Waals surface area contributed by atoms with E-state index in [0.29, 0.717) is 6.42 Å². The average molecular weight is 241 g/mol. The Morgan fingerprint density at radius 3 is 2.40 bits per heavy atom. The van der Waals surface area contributed by atoms with E-state index in [1.807, 2.05) is 18.2 Å². The number of halogens is 2. The second kappa shape index (κ2) is 6.05. The summed E-state index contributed by atoms with van der Waals surface area (Å²) in [4.78, 5) is 0. The molecule has 0 aliphatic heterocycles. The molecule has 0 fully saturated rings. The Labute approximate surface area is 102 Å². The second-order valence-electron chi connectivity index (χ2n) is 3.53. The van der Waals surface area contributed by atoms with Crippen LogP contribution in [-0.4, -0.2) is 0 Å². The third-order valence-corrected chi connectivity index (χ3v) is 3.07. The first-order valence-corrected chi connectivity index (χ1v) is 5.83. The molecule has 0 radical (unpaired) electrons. The zero-order valence-electron chi connectivity index (χ0n) is 8.76. The van der Waals surface area contributed by atoms with E-state index in [1.54, 1.807) is 0 Å². The molecule has 0 saturated carbocycles. The standard InChI is InChI=1S/C13H14Cl2/c1-3-6-10(7-4-2)13-11(14)8-5-9-12(13)15/h1,5,8-10H,4,6-7H2,2H3. The summed E-state index contributed by atoms with van der Waals surface area (Å²) < 4.78 is 0. The van der Waals surface area contributed by atoms with Crippen molar-refractivity contribution in [2.75, 3.05) is 0 Å². The molecule has 0 saturated heterocycles. The van der Waals surface area contributed by atoms with Crippen molar-refractivity contribution in [3.63, 3.8) is 0 Å². The van der Waals surface area contributed by atoms with E-state index >= 15 is 0 Å². The van der Waals surface area contributed by atoms with Crippen molar-refractivity contribution >= 4 is 23.2 Å². The van der Waals surface area contributed by atoms with Crippen LogP contribution in [0.4, 0.5) is 0 Å². The average Bonchev–Trinajstić information content (AvgIpc) is 2.18. The molecule has 1 aromatic carbocycles. The highest BCUT2D eigenvalue weighted by Gasteiger charge is 2.16. The normalized spacial score (nSPS) is 12.1. The van der Waals surface area contributed by atoms with Crippen LogP contribution in [0.25, 0.3) is 0 Å². The summed E-state index contributed by atoms with van der Waals surface area (Å²) in [6, 6.07) is 5.58. The molecule has 1 aromatic rings. The fourth-order valence-electron chi connectivity index (χ4n) is 1.74. The largest absolute Gasteiger partial charge is 0.120 e. The molecule has 15 heavy (non-hydrogen) atoms. The van der Waals surface area contributed by atoms with Gasteiger partial charge < -0.3 is 0 Å². The lowest BCUT2D eigenvalue weighted by atomic mass is 9.91. The summed E-state index contributed by atoms with van der Waals surface area (Å²) >= 11 is 12.3. The van der Waals surface area contributed by atoms with E-state index in [4.69, 9.17) is 29.6 Å². The lowest BCUT2D eigenvalue weighted by Crippen LogP contribution is -1.99. The van der Waals surface area contributed by atoms with Crippen molar-refractivity contribution in [3.05, 3.63) is 33.8 Å². The Morgan fingerprint density at radius 2 is 1.93 bits per heavy atom. The van der Waals surface area contributed by atoms with Crippen molar-refractivity contribution in [1.82, 2.24) is 0 Å². The minimum Gasteiger partial charge on any atom is -0.120 e. The third kappa shape index (κ3) is 3.16. The fraction of sp³-hybridized carbons (Fsp3) is 0.385. The molecule has 0 spiro atoms. The predicted octanol–water partition coefficient (Wildman–Crippen LogP) is 4.90. The van der Waals surface area contributed by atoms with E-state index in [0.717, 1.165) is 28.5 Å². The van der Waals surface area contributed by atoms with Crippen LogP contribution in [-0.2, 0) is 0 Å². The van der Waals surface area contributed by atoms with E-state index in [9.17, 15) is 0 Å². The summed E-state index contributed by atoms with van der Waals surface area (Å²) in [6.07, 6.45) is 8.15. The molecule has 0 aromatic heterocycles. The zero-order chi connectivity index (χ0) is 11.3. The molecule has 0 heterocycles. The summed E-state index contributed by atoms with van der Waals surface area (Å²) in [5.41, 5.74) is 1.00. The van der Waals surface area contributed by atoms with Crippen LogP contribution in [0.3, 0.4) is 0 Å². The number of benzene rings is 1. The van der Waals surface area contributed by atoms with Crippen LogP contribution in [0.15, 0.2) is 18.2 Å². The molecular weight excluding hydrogens is 227 g/mol. The lowest BCUT2D eigenvalue weighted by Gasteiger charge is -2.16. The first-order chi connectivity index (χ1) is 7.20. The van der Waals surface area contributed by atoms with Crippen LogP contribution in [0.2, 0.25) is 10.0 Å². The summed E-state index contributed by atoms with van der Waals surface area (Å²) in [7, 11) is 0. The smallest absolute Gasteiger partial charge is 0.0456 e. The molecule has 0 nitrogen and oxygen atoms in total. The Morgan fingerprint density at radius 1 is 1.33 bits per heavy atom. The monoisotopic (exact) mass is 240 g/mol.